The third-order valence-corrected chi connectivity index (χ3v) is 1.35. The number of aromatic nitrogens is 3. The van der Waals surface area contributed by atoms with Gasteiger partial charge in [0.2, 0.25) is 5.91 Å². The number of amides is 1. The van der Waals surface area contributed by atoms with Gasteiger partial charge in [0, 0.05) is 0 Å². The van der Waals surface area contributed by atoms with Crippen LogP contribution in [-0.4, -0.2) is 21.1 Å². The van der Waals surface area contributed by atoms with E-state index in [1.807, 2.05) is 6.92 Å². The topological polar surface area (TPSA) is 81.8 Å². The first-order valence-corrected chi connectivity index (χ1v) is 3.68. The fourth-order valence-corrected chi connectivity index (χ4v) is 0.721. The van der Waals surface area contributed by atoms with Crippen LogP contribution in [0.5, 0.6) is 0 Å². The predicted molar refractivity (Wildman–Crippen MR) is 42.1 cm³/mol. The van der Waals surface area contributed by atoms with E-state index < -0.39 is 5.91 Å². The Bertz CT molecular complexity index is 269. The molecule has 5 heteroatoms. The number of carbonyl (C=O) groups is 1. The second-order valence-electron chi connectivity index (χ2n) is 2.36. The van der Waals surface area contributed by atoms with Gasteiger partial charge >= 0.3 is 0 Å². The van der Waals surface area contributed by atoms with Crippen molar-refractivity contribution in [2.75, 3.05) is 0 Å². The monoisotopic (exact) mass is 166 g/mol. The lowest BCUT2D eigenvalue weighted by Gasteiger charge is -1.95. The van der Waals surface area contributed by atoms with Crippen LogP contribution in [0.4, 0.5) is 0 Å². The zero-order chi connectivity index (χ0) is 8.97. The second-order valence-corrected chi connectivity index (χ2v) is 2.36. The molecule has 0 saturated carbocycles. The molecule has 1 aromatic rings. The van der Waals surface area contributed by atoms with Crippen LogP contribution in [0.25, 0.3) is 0 Å². The molecular formula is C7H10N4O. The van der Waals surface area contributed by atoms with Gasteiger partial charge in [0.15, 0.2) is 5.82 Å². The van der Waals surface area contributed by atoms with E-state index in [0.717, 1.165) is 12.1 Å². The number of nitrogens with zero attached hydrogens (tertiary/aromatic N) is 3. The van der Waals surface area contributed by atoms with Crippen molar-refractivity contribution in [3.05, 3.63) is 17.7 Å². The molecule has 2 N–H and O–H groups in total. The van der Waals surface area contributed by atoms with Gasteiger partial charge in [-0.15, -0.1) is 5.10 Å². The van der Waals surface area contributed by atoms with Crippen molar-refractivity contribution >= 4 is 5.91 Å². The molecule has 0 saturated heterocycles. The highest BCUT2D eigenvalue weighted by Gasteiger charge is 2.01. The fourth-order valence-electron chi connectivity index (χ4n) is 0.721. The number of primary amides is 1. The molecule has 12 heavy (non-hydrogen) atoms. The van der Waals surface area contributed by atoms with Crippen LogP contribution in [-0.2, 0) is 17.6 Å². The highest BCUT2D eigenvalue weighted by atomic mass is 16.1. The SMILES string of the molecule is CCc1cnc(CC(N)=O)nn1. The van der Waals surface area contributed by atoms with E-state index in [4.69, 9.17) is 5.73 Å². The van der Waals surface area contributed by atoms with E-state index in [-0.39, 0.29) is 6.42 Å². The maximum Gasteiger partial charge on any atom is 0.225 e. The predicted octanol–water partition coefficient (Wildman–Crippen LogP) is -0.538. The minimum Gasteiger partial charge on any atom is -0.369 e. The molecule has 64 valence electrons. The van der Waals surface area contributed by atoms with Crippen LogP contribution in [0.3, 0.4) is 0 Å². The number of carbonyl (C=O) groups excluding carboxylic acids is 1. The summed E-state index contributed by atoms with van der Waals surface area (Å²) in [6.45, 7) is 1.96. The summed E-state index contributed by atoms with van der Waals surface area (Å²) in [5.74, 6) is -0.0688. The first-order chi connectivity index (χ1) is 5.72. The number of rotatable bonds is 3. The summed E-state index contributed by atoms with van der Waals surface area (Å²) in [6, 6.07) is 0. The Morgan fingerprint density at radius 3 is 2.75 bits per heavy atom. The fraction of sp³-hybridized carbons (Fsp3) is 0.429. The maximum atomic E-state index is 10.4. The first kappa shape index (κ1) is 8.58. The molecule has 0 atom stereocenters. The van der Waals surface area contributed by atoms with Gasteiger partial charge < -0.3 is 5.73 Å². The van der Waals surface area contributed by atoms with Gasteiger partial charge in [0.05, 0.1) is 18.3 Å². The summed E-state index contributed by atoms with van der Waals surface area (Å²) >= 11 is 0. The molecule has 1 aromatic heterocycles. The molecule has 0 aromatic carbocycles. The molecule has 0 spiro atoms. The van der Waals surface area contributed by atoms with Crippen LogP contribution in [0.2, 0.25) is 0 Å². The lowest BCUT2D eigenvalue weighted by Crippen LogP contribution is -2.16. The van der Waals surface area contributed by atoms with Crippen molar-refractivity contribution < 1.29 is 4.79 Å². The Labute approximate surface area is 70.0 Å². The number of hydrogen-bond acceptors (Lipinski definition) is 4. The molecular weight excluding hydrogens is 156 g/mol. The minimum atomic E-state index is -0.443. The molecule has 1 rings (SSSR count). The molecule has 0 aliphatic heterocycles. The summed E-state index contributed by atoms with van der Waals surface area (Å²) < 4.78 is 0. The zero-order valence-corrected chi connectivity index (χ0v) is 6.82. The lowest BCUT2D eigenvalue weighted by molar-refractivity contribution is -0.117. The third kappa shape index (κ3) is 2.26. The molecule has 1 heterocycles. The molecule has 0 fully saturated rings. The lowest BCUT2D eigenvalue weighted by atomic mass is 10.3. The summed E-state index contributed by atoms with van der Waals surface area (Å²) in [5.41, 5.74) is 5.76. The van der Waals surface area contributed by atoms with Gasteiger partial charge in [-0.2, -0.15) is 5.10 Å². The van der Waals surface area contributed by atoms with Gasteiger partial charge in [-0.25, -0.2) is 4.98 Å². The van der Waals surface area contributed by atoms with Crippen molar-refractivity contribution in [2.45, 2.75) is 19.8 Å². The Morgan fingerprint density at radius 2 is 2.33 bits per heavy atom. The number of nitrogens with two attached hydrogens (primary N) is 1. The van der Waals surface area contributed by atoms with Crippen LogP contribution in [0, 0.1) is 0 Å². The highest BCUT2D eigenvalue weighted by molar-refractivity contribution is 5.75. The Kier molecular flexibility index (Phi) is 2.68. The first-order valence-electron chi connectivity index (χ1n) is 3.68. The summed E-state index contributed by atoms with van der Waals surface area (Å²) in [4.78, 5) is 14.4. The van der Waals surface area contributed by atoms with Gasteiger partial charge in [-0.1, -0.05) is 6.92 Å². The highest BCUT2D eigenvalue weighted by Crippen LogP contribution is 1.92. The molecule has 0 aliphatic rings. The van der Waals surface area contributed by atoms with Crippen LogP contribution < -0.4 is 5.73 Å². The Hall–Kier alpha value is -1.52. The van der Waals surface area contributed by atoms with Crippen LogP contribution in [0.1, 0.15) is 18.4 Å². The molecule has 5 nitrogen and oxygen atoms in total. The van der Waals surface area contributed by atoms with Gasteiger partial charge in [-0.05, 0) is 6.42 Å². The molecule has 0 aliphatic carbocycles. The maximum absolute atomic E-state index is 10.4. The van der Waals surface area contributed by atoms with Crippen LogP contribution in [0.15, 0.2) is 6.20 Å². The van der Waals surface area contributed by atoms with Crippen molar-refractivity contribution in [2.24, 2.45) is 5.73 Å². The third-order valence-electron chi connectivity index (χ3n) is 1.35. The molecule has 0 unspecified atom stereocenters. The summed E-state index contributed by atoms with van der Waals surface area (Å²) in [7, 11) is 0. The summed E-state index contributed by atoms with van der Waals surface area (Å²) in [6.07, 6.45) is 2.44. The molecule has 1 amide bonds. The Balaban J connectivity index is 2.71. The van der Waals surface area contributed by atoms with E-state index in [9.17, 15) is 4.79 Å². The minimum absolute atomic E-state index is 0.0526. The van der Waals surface area contributed by atoms with Gasteiger partial charge in [0.1, 0.15) is 0 Å². The largest absolute Gasteiger partial charge is 0.369 e. The quantitative estimate of drug-likeness (QED) is 0.653. The van der Waals surface area contributed by atoms with E-state index in [0.29, 0.717) is 5.82 Å². The zero-order valence-electron chi connectivity index (χ0n) is 6.82. The van der Waals surface area contributed by atoms with E-state index in [2.05, 4.69) is 15.2 Å². The average Bonchev–Trinajstić information content (AvgIpc) is 2.05. The number of aryl methyl sites for hydroxylation is 1. The van der Waals surface area contributed by atoms with Crippen molar-refractivity contribution in [1.82, 2.24) is 15.2 Å². The second kappa shape index (κ2) is 3.75. The van der Waals surface area contributed by atoms with Crippen molar-refractivity contribution in [3.8, 4) is 0 Å². The van der Waals surface area contributed by atoms with Crippen LogP contribution >= 0.6 is 0 Å². The molecule has 0 radical (unpaired) electrons. The Morgan fingerprint density at radius 1 is 1.58 bits per heavy atom. The standard InChI is InChI=1S/C7H10N4O/c1-2-5-4-9-7(11-10-5)3-6(8)12/h4H,2-3H2,1H3,(H2,8,12). The van der Waals surface area contributed by atoms with E-state index >= 15 is 0 Å². The van der Waals surface area contributed by atoms with E-state index in [1.54, 1.807) is 6.20 Å². The van der Waals surface area contributed by atoms with Gasteiger partial charge in [0.25, 0.3) is 0 Å². The normalized spacial score (nSPS) is 9.75. The number of hydrogen-bond donors (Lipinski definition) is 1. The van der Waals surface area contributed by atoms with Gasteiger partial charge in [-0.3, -0.25) is 4.79 Å². The average molecular weight is 166 g/mol. The van der Waals surface area contributed by atoms with Crippen molar-refractivity contribution in [1.29, 1.82) is 0 Å². The smallest absolute Gasteiger partial charge is 0.225 e. The van der Waals surface area contributed by atoms with E-state index in [1.165, 1.54) is 0 Å². The summed E-state index contributed by atoms with van der Waals surface area (Å²) in [5, 5.41) is 7.56. The van der Waals surface area contributed by atoms with Crippen molar-refractivity contribution in [3.63, 3.8) is 0 Å². The molecule has 0 bridgehead atoms.